The Kier molecular flexibility index (Phi) is 6.06. The van der Waals surface area contributed by atoms with Gasteiger partial charge in [0.15, 0.2) is 10.9 Å². The standard InChI is InChI=1S/C26H19F2N7O3S/c1-37-21-12-31-18(11-32-21)24(36)33-14-2-3-19-15(9-14)26(5-7-39-25(29)35-26)16-10-17(34-23(28)22(16)38-19)13-4-6-30-20(27)8-13/h2-4,6,8-12H,5,7H2,1H3,(H2,29,35)(H,33,36). The molecule has 1 aromatic carbocycles. The van der Waals surface area contributed by atoms with Gasteiger partial charge in [-0.05, 0) is 36.8 Å². The van der Waals surface area contributed by atoms with E-state index in [2.05, 4.69) is 25.3 Å². The number of fused-ring (bicyclic) bond motifs is 4. The van der Waals surface area contributed by atoms with E-state index >= 15 is 4.39 Å². The van der Waals surface area contributed by atoms with Gasteiger partial charge in [-0.2, -0.15) is 8.78 Å². The zero-order valence-electron chi connectivity index (χ0n) is 20.3. The molecular formula is C26H19F2N7O3S. The molecular weight excluding hydrogens is 528 g/mol. The van der Waals surface area contributed by atoms with Crippen LogP contribution < -0.4 is 20.5 Å². The fraction of sp³-hybridized carbons (Fsp3) is 0.154. The van der Waals surface area contributed by atoms with E-state index in [0.717, 1.165) is 0 Å². The summed E-state index contributed by atoms with van der Waals surface area (Å²) in [5.41, 5.74) is 7.07. The number of nitrogens with one attached hydrogen (secondary N) is 1. The molecule has 1 amide bonds. The lowest BCUT2D eigenvalue weighted by Crippen LogP contribution is -2.36. The van der Waals surface area contributed by atoms with Gasteiger partial charge in [-0.3, -0.25) is 4.79 Å². The number of halogens is 2. The number of hydrogen-bond donors (Lipinski definition) is 2. The molecule has 2 aliphatic heterocycles. The monoisotopic (exact) mass is 547 g/mol. The summed E-state index contributed by atoms with van der Waals surface area (Å²) in [6, 6.07) is 9.28. The summed E-state index contributed by atoms with van der Waals surface area (Å²) in [5.74, 6) is -0.953. The Morgan fingerprint density at radius 3 is 2.74 bits per heavy atom. The highest BCUT2D eigenvalue weighted by atomic mass is 32.2. The molecule has 196 valence electrons. The second kappa shape index (κ2) is 9.58. The minimum absolute atomic E-state index is 0.0866. The molecule has 0 bridgehead atoms. The van der Waals surface area contributed by atoms with Crippen molar-refractivity contribution < 1.29 is 23.0 Å². The van der Waals surface area contributed by atoms with Crippen LogP contribution in [0.2, 0.25) is 0 Å². The number of benzene rings is 1. The number of aromatic nitrogens is 4. The van der Waals surface area contributed by atoms with E-state index in [1.54, 1.807) is 24.3 Å². The largest absolute Gasteiger partial charge is 0.480 e. The third kappa shape index (κ3) is 4.40. The third-order valence-electron chi connectivity index (χ3n) is 6.38. The highest BCUT2D eigenvalue weighted by molar-refractivity contribution is 8.13. The van der Waals surface area contributed by atoms with Gasteiger partial charge < -0.3 is 20.5 Å². The zero-order valence-corrected chi connectivity index (χ0v) is 21.1. The summed E-state index contributed by atoms with van der Waals surface area (Å²) >= 11 is 1.38. The topological polar surface area (TPSA) is 138 Å². The van der Waals surface area contributed by atoms with Crippen molar-refractivity contribution in [3.63, 3.8) is 0 Å². The molecule has 1 spiro atoms. The van der Waals surface area contributed by atoms with E-state index in [4.69, 9.17) is 20.2 Å². The number of rotatable bonds is 4. The lowest BCUT2D eigenvalue weighted by atomic mass is 9.78. The van der Waals surface area contributed by atoms with E-state index < -0.39 is 23.3 Å². The smallest absolute Gasteiger partial charge is 0.275 e. The fourth-order valence-corrected chi connectivity index (χ4v) is 5.42. The maximum atomic E-state index is 15.4. The zero-order chi connectivity index (χ0) is 27.1. The highest BCUT2D eigenvalue weighted by Gasteiger charge is 2.46. The van der Waals surface area contributed by atoms with Crippen molar-refractivity contribution in [1.29, 1.82) is 0 Å². The quantitative estimate of drug-likeness (QED) is 0.359. The van der Waals surface area contributed by atoms with Crippen molar-refractivity contribution in [2.75, 3.05) is 18.2 Å². The summed E-state index contributed by atoms with van der Waals surface area (Å²) in [6.45, 7) is 0. The molecule has 3 aromatic heterocycles. The van der Waals surface area contributed by atoms with E-state index in [1.807, 2.05) is 0 Å². The van der Waals surface area contributed by atoms with Crippen molar-refractivity contribution in [2.24, 2.45) is 10.7 Å². The fourth-order valence-electron chi connectivity index (χ4n) is 4.59. The third-order valence-corrected chi connectivity index (χ3v) is 7.17. The van der Waals surface area contributed by atoms with Crippen molar-refractivity contribution in [3.05, 3.63) is 83.7 Å². The Balaban J connectivity index is 1.45. The second-order valence-corrected chi connectivity index (χ2v) is 9.78. The van der Waals surface area contributed by atoms with E-state index in [1.165, 1.54) is 49.6 Å². The number of pyridine rings is 2. The molecule has 0 fully saturated rings. The summed E-state index contributed by atoms with van der Waals surface area (Å²) in [5, 5.41) is 3.12. The van der Waals surface area contributed by atoms with Gasteiger partial charge in [0.05, 0.1) is 25.2 Å². The van der Waals surface area contributed by atoms with Gasteiger partial charge >= 0.3 is 0 Å². The Morgan fingerprint density at radius 1 is 1.13 bits per heavy atom. The first-order valence-corrected chi connectivity index (χ1v) is 12.7. The minimum Gasteiger partial charge on any atom is -0.480 e. The van der Waals surface area contributed by atoms with Gasteiger partial charge in [-0.1, -0.05) is 11.8 Å². The number of aliphatic imine (C=N–C) groups is 1. The summed E-state index contributed by atoms with van der Waals surface area (Å²) in [4.78, 5) is 33.3. The number of carbonyl (C=O) groups is 1. The number of methoxy groups -OCH3 is 1. The maximum absolute atomic E-state index is 15.4. The normalized spacial score (nSPS) is 17.5. The van der Waals surface area contributed by atoms with Crippen molar-refractivity contribution in [2.45, 2.75) is 12.0 Å². The van der Waals surface area contributed by atoms with Crippen molar-refractivity contribution >= 4 is 28.5 Å². The van der Waals surface area contributed by atoms with Crippen LogP contribution in [0.1, 0.15) is 28.0 Å². The molecule has 0 aliphatic carbocycles. The van der Waals surface area contributed by atoms with E-state index in [0.29, 0.717) is 45.5 Å². The number of nitrogens with zero attached hydrogens (tertiary/aromatic N) is 5. The van der Waals surface area contributed by atoms with Crippen molar-refractivity contribution in [1.82, 2.24) is 19.9 Å². The SMILES string of the molecule is COc1cnc(C(=O)Nc2ccc3c(c2)C2(CCSC(N)=N2)c2cc(-c4ccnc(F)c4)nc(F)c2O3)cn1. The van der Waals surface area contributed by atoms with Crippen LogP contribution in [0, 0.1) is 11.9 Å². The average Bonchev–Trinajstić information content (AvgIpc) is 2.94. The van der Waals surface area contributed by atoms with Crippen LogP contribution in [0.5, 0.6) is 17.4 Å². The lowest BCUT2D eigenvalue weighted by Gasteiger charge is -2.39. The maximum Gasteiger partial charge on any atom is 0.275 e. The number of thioether (sulfide) groups is 1. The molecule has 39 heavy (non-hydrogen) atoms. The van der Waals surface area contributed by atoms with Gasteiger partial charge in [0.2, 0.25) is 11.8 Å². The molecule has 3 N–H and O–H groups in total. The molecule has 2 aliphatic rings. The number of nitrogens with two attached hydrogens (primary N) is 1. The van der Waals surface area contributed by atoms with Crippen LogP contribution in [0.4, 0.5) is 14.5 Å². The van der Waals surface area contributed by atoms with Crippen LogP contribution in [-0.2, 0) is 5.54 Å². The summed E-state index contributed by atoms with van der Waals surface area (Å²) in [6.07, 6.45) is 4.38. The first-order valence-electron chi connectivity index (χ1n) is 11.7. The first-order chi connectivity index (χ1) is 18.9. The molecule has 1 atom stereocenters. The Morgan fingerprint density at radius 2 is 2.00 bits per heavy atom. The van der Waals surface area contributed by atoms with Crippen molar-refractivity contribution in [3.8, 4) is 28.6 Å². The Hall–Kier alpha value is -4.65. The molecule has 6 rings (SSSR count). The number of ether oxygens (including phenoxy) is 2. The number of hydrogen-bond acceptors (Lipinski definition) is 10. The Labute approximate surface area is 224 Å². The minimum atomic E-state index is -1.14. The molecule has 5 heterocycles. The van der Waals surface area contributed by atoms with Gasteiger partial charge in [0, 0.05) is 40.4 Å². The molecule has 0 saturated carbocycles. The van der Waals surface area contributed by atoms with Gasteiger partial charge in [-0.25, -0.2) is 24.9 Å². The Bertz CT molecular complexity index is 1650. The molecule has 1 unspecified atom stereocenters. The summed E-state index contributed by atoms with van der Waals surface area (Å²) < 4.78 is 40.2. The van der Waals surface area contributed by atoms with Crippen LogP contribution in [0.3, 0.4) is 0 Å². The molecule has 0 saturated heterocycles. The number of amides is 1. The summed E-state index contributed by atoms with van der Waals surface area (Å²) in [7, 11) is 1.45. The predicted octanol–water partition coefficient (Wildman–Crippen LogP) is 4.27. The van der Waals surface area contributed by atoms with Gasteiger partial charge in [-0.15, -0.1) is 0 Å². The molecule has 13 heteroatoms. The van der Waals surface area contributed by atoms with E-state index in [9.17, 15) is 9.18 Å². The van der Waals surface area contributed by atoms with Gasteiger partial charge in [0.1, 0.15) is 17.0 Å². The number of carbonyl (C=O) groups excluding carboxylic acids is 1. The van der Waals surface area contributed by atoms with Gasteiger partial charge in [0.25, 0.3) is 11.9 Å². The van der Waals surface area contributed by atoms with Crippen LogP contribution in [0.15, 0.2) is 60.0 Å². The molecule has 10 nitrogen and oxygen atoms in total. The number of anilines is 1. The number of amidine groups is 1. The van der Waals surface area contributed by atoms with Crippen LogP contribution in [0.25, 0.3) is 11.3 Å². The second-order valence-electron chi connectivity index (χ2n) is 8.66. The van der Waals surface area contributed by atoms with Crippen LogP contribution >= 0.6 is 11.8 Å². The average molecular weight is 548 g/mol. The molecule has 4 aromatic rings. The first kappa shape index (κ1) is 24.7. The lowest BCUT2D eigenvalue weighted by molar-refractivity contribution is 0.102. The predicted molar refractivity (Wildman–Crippen MR) is 140 cm³/mol. The highest BCUT2D eigenvalue weighted by Crippen LogP contribution is 2.54. The van der Waals surface area contributed by atoms with Crippen LogP contribution in [-0.4, -0.2) is 43.9 Å². The molecule has 0 radical (unpaired) electrons. The van der Waals surface area contributed by atoms with E-state index in [-0.39, 0.29) is 23.0 Å².